The second-order valence-corrected chi connectivity index (χ2v) is 5.91. The lowest BCUT2D eigenvalue weighted by Gasteiger charge is -2.27. The molecule has 0 fully saturated rings. The van der Waals surface area contributed by atoms with Crippen LogP contribution in [0.1, 0.15) is 37.8 Å². The molecule has 0 aromatic heterocycles. The van der Waals surface area contributed by atoms with Crippen LogP contribution in [0.2, 0.25) is 0 Å². The Morgan fingerprint density at radius 1 is 1.60 bits per heavy atom. The van der Waals surface area contributed by atoms with Gasteiger partial charge in [-0.1, -0.05) is 13.3 Å². The van der Waals surface area contributed by atoms with Gasteiger partial charge in [-0.3, -0.25) is 4.79 Å². The summed E-state index contributed by atoms with van der Waals surface area (Å²) in [5.74, 6) is 0.513. The van der Waals surface area contributed by atoms with E-state index in [0.29, 0.717) is 6.42 Å². The van der Waals surface area contributed by atoms with Crippen molar-refractivity contribution in [3.8, 4) is 0 Å². The molecule has 3 nitrogen and oxygen atoms in total. The number of nitrogens with one attached hydrogen (secondary N) is 1. The highest BCUT2D eigenvalue weighted by Crippen LogP contribution is 2.36. The average Bonchev–Trinajstić information content (AvgIpc) is 2.39. The zero-order valence-electron chi connectivity index (χ0n) is 11.4. The fourth-order valence-corrected chi connectivity index (χ4v) is 3.34. The highest BCUT2D eigenvalue weighted by Gasteiger charge is 2.24. The minimum atomic E-state index is -0.475. The molecule has 0 spiro atoms. The predicted octanol–water partition coefficient (Wildman–Crippen LogP) is 3.03. The van der Waals surface area contributed by atoms with Crippen molar-refractivity contribution in [2.75, 3.05) is 5.75 Å². The zero-order valence-corrected chi connectivity index (χ0v) is 13.0. The molecule has 0 radical (unpaired) electrons. The van der Waals surface area contributed by atoms with Crippen molar-refractivity contribution in [1.82, 2.24) is 5.32 Å². The number of fused-ring (bicyclic) bond motifs is 1. The maximum atomic E-state index is 13.3. The number of thioether (sulfide) groups is 1. The summed E-state index contributed by atoms with van der Waals surface area (Å²) in [5, 5.41) is 2.94. The molecule has 2 rings (SSSR count). The summed E-state index contributed by atoms with van der Waals surface area (Å²) in [6.45, 7) is 2.00. The van der Waals surface area contributed by atoms with Gasteiger partial charge in [0, 0.05) is 10.6 Å². The molecule has 0 saturated carbocycles. The summed E-state index contributed by atoms with van der Waals surface area (Å²) in [5.41, 5.74) is 6.67. The van der Waals surface area contributed by atoms with Crippen LogP contribution in [0, 0.1) is 5.82 Å². The van der Waals surface area contributed by atoms with E-state index in [9.17, 15) is 9.18 Å². The highest BCUT2D eigenvalue weighted by atomic mass is 35.5. The molecule has 2 unspecified atom stereocenters. The molecule has 3 N–H and O–H groups in total. The Kier molecular flexibility index (Phi) is 6.79. The third-order valence-electron chi connectivity index (χ3n) is 3.26. The van der Waals surface area contributed by atoms with Crippen molar-refractivity contribution < 1.29 is 9.18 Å². The van der Waals surface area contributed by atoms with E-state index in [1.807, 2.05) is 6.92 Å². The normalized spacial score (nSPS) is 18.6. The van der Waals surface area contributed by atoms with Crippen molar-refractivity contribution in [3.63, 3.8) is 0 Å². The smallest absolute Gasteiger partial charge is 0.237 e. The van der Waals surface area contributed by atoms with Crippen LogP contribution in [-0.4, -0.2) is 17.7 Å². The third kappa shape index (κ3) is 4.11. The summed E-state index contributed by atoms with van der Waals surface area (Å²) < 4.78 is 13.3. The molecule has 1 aliphatic heterocycles. The van der Waals surface area contributed by atoms with Crippen LogP contribution in [0.3, 0.4) is 0 Å². The van der Waals surface area contributed by atoms with Gasteiger partial charge in [-0.25, -0.2) is 4.39 Å². The van der Waals surface area contributed by atoms with Crippen molar-refractivity contribution in [2.45, 2.75) is 43.2 Å². The van der Waals surface area contributed by atoms with Crippen molar-refractivity contribution in [1.29, 1.82) is 0 Å². The Bertz CT molecular complexity index is 472. The number of benzene rings is 1. The van der Waals surface area contributed by atoms with E-state index >= 15 is 0 Å². The van der Waals surface area contributed by atoms with Gasteiger partial charge in [0.25, 0.3) is 0 Å². The predicted molar refractivity (Wildman–Crippen MR) is 82.8 cm³/mol. The van der Waals surface area contributed by atoms with Gasteiger partial charge < -0.3 is 11.1 Å². The maximum Gasteiger partial charge on any atom is 0.237 e. The summed E-state index contributed by atoms with van der Waals surface area (Å²) >= 11 is 1.70. The van der Waals surface area contributed by atoms with E-state index in [1.165, 1.54) is 12.1 Å². The molecule has 0 aliphatic carbocycles. The number of carbonyl (C=O) groups is 1. The fourth-order valence-electron chi connectivity index (χ4n) is 2.24. The highest BCUT2D eigenvalue weighted by molar-refractivity contribution is 7.99. The van der Waals surface area contributed by atoms with Crippen molar-refractivity contribution in [2.24, 2.45) is 5.73 Å². The van der Waals surface area contributed by atoms with Gasteiger partial charge >= 0.3 is 0 Å². The minimum absolute atomic E-state index is 0. The molecule has 1 aromatic rings. The van der Waals surface area contributed by atoms with E-state index in [1.54, 1.807) is 17.8 Å². The van der Waals surface area contributed by atoms with Gasteiger partial charge in [0.15, 0.2) is 0 Å². The SMILES string of the molecule is CCCC(N)C(=O)NC1CCSc2ccc(F)cc21.Cl. The lowest BCUT2D eigenvalue weighted by molar-refractivity contribution is -0.123. The van der Waals surface area contributed by atoms with E-state index < -0.39 is 6.04 Å². The standard InChI is InChI=1S/C14H19FN2OS.ClH/c1-2-3-11(16)14(18)17-12-6-7-19-13-5-4-9(15)8-10(12)13;/h4-5,8,11-12H,2-3,6-7,16H2,1H3,(H,17,18);1H. The maximum absolute atomic E-state index is 13.3. The number of nitrogens with two attached hydrogens (primary N) is 1. The summed E-state index contributed by atoms with van der Waals surface area (Å²) in [6, 6.07) is 4.15. The van der Waals surface area contributed by atoms with Gasteiger partial charge in [0.1, 0.15) is 5.82 Å². The molecule has 6 heteroatoms. The topological polar surface area (TPSA) is 55.1 Å². The Morgan fingerprint density at radius 3 is 3.05 bits per heavy atom. The monoisotopic (exact) mass is 318 g/mol. The van der Waals surface area contributed by atoms with Crippen molar-refractivity contribution in [3.05, 3.63) is 29.6 Å². The molecular weight excluding hydrogens is 299 g/mol. The fraction of sp³-hybridized carbons (Fsp3) is 0.500. The Labute approximate surface area is 129 Å². The van der Waals surface area contributed by atoms with Gasteiger partial charge in [0.05, 0.1) is 12.1 Å². The summed E-state index contributed by atoms with van der Waals surface area (Å²) in [6.07, 6.45) is 2.36. The Balaban J connectivity index is 0.00000200. The molecule has 20 heavy (non-hydrogen) atoms. The number of halogens is 2. The molecule has 1 heterocycles. The average molecular weight is 319 g/mol. The van der Waals surface area contributed by atoms with Gasteiger partial charge in [-0.05, 0) is 36.6 Å². The van der Waals surface area contributed by atoms with E-state index in [4.69, 9.17) is 5.73 Å². The summed E-state index contributed by atoms with van der Waals surface area (Å²) in [7, 11) is 0. The lowest BCUT2D eigenvalue weighted by Crippen LogP contribution is -2.42. The largest absolute Gasteiger partial charge is 0.348 e. The number of rotatable bonds is 4. The number of amides is 1. The van der Waals surface area contributed by atoms with Crippen LogP contribution in [0.4, 0.5) is 4.39 Å². The number of carbonyl (C=O) groups excluding carboxylic acids is 1. The molecular formula is C14H20ClFN2OS. The van der Waals surface area contributed by atoms with Gasteiger partial charge in [-0.15, -0.1) is 24.2 Å². The second-order valence-electron chi connectivity index (χ2n) is 4.78. The molecule has 1 aromatic carbocycles. The third-order valence-corrected chi connectivity index (χ3v) is 4.39. The van der Waals surface area contributed by atoms with E-state index in [0.717, 1.165) is 29.1 Å². The summed E-state index contributed by atoms with van der Waals surface area (Å²) in [4.78, 5) is 13.0. The molecule has 2 atom stereocenters. The van der Waals surface area contributed by atoms with Crippen LogP contribution >= 0.6 is 24.2 Å². The molecule has 1 aliphatic rings. The van der Waals surface area contributed by atoms with Crippen LogP contribution < -0.4 is 11.1 Å². The first-order valence-corrected chi connectivity index (χ1v) is 7.58. The zero-order chi connectivity index (χ0) is 13.8. The molecule has 0 saturated heterocycles. The van der Waals surface area contributed by atoms with Crippen molar-refractivity contribution >= 4 is 30.1 Å². The van der Waals surface area contributed by atoms with E-state index in [-0.39, 0.29) is 30.2 Å². The first-order chi connectivity index (χ1) is 9.11. The minimum Gasteiger partial charge on any atom is -0.348 e. The number of hydrogen-bond donors (Lipinski definition) is 2. The van der Waals surface area contributed by atoms with E-state index in [2.05, 4.69) is 5.32 Å². The van der Waals surface area contributed by atoms with Crippen LogP contribution in [0.25, 0.3) is 0 Å². The second kappa shape index (κ2) is 7.86. The van der Waals surface area contributed by atoms with Gasteiger partial charge in [0.2, 0.25) is 5.91 Å². The Hall–Kier alpha value is -0.780. The molecule has 112 valence electrons. The number of hydrogen-bond acceptors (Lipinski definition) is 3. The molecule has 1 amide bonds. The Morgan fingerprint density at radius 2 is 2.35 bits per heavy atom. The molecule has 0 bridgehead atoms. The van der Waals surface area contributed by atoms with Crippen LogP contribution in [-0.2, 0) is 4.79 Å². The van der Waals surface area contributed by atoms with Crippen LogP contribution in [0.15, 0.2) is 23.1 Å². The van der Waals surface area contributed by atoms with Crippen LogP contribution in [0.5, 0.6) is 0 Å². The first-order valence-electron chi connectivity index (χ1n) is 6.60. The quantitative estimate of drug-likeness (QED) is 0.897. The van der Waals surface area contributed by atoms with Gasteiger partial charge in [-0.2, -0.15) is 0 Å². The first kappa shape index (κ1) is 17.3. The lowest BCUT2D eigenvalue weighted by atomic mass is 10.0.